The summed E-state index contributed by atoms with van der Waals surface area (Å²) in [6.45, 7) is 8.54. The lowest BCUT2D eigenvalue weighted by molar-refractivity contribution is -0.169. The first-order chi connectivity index (χ1) is 10.8. The second-order valence-electron chi connectivity index (χ2n) is 7.53. The molecule has 2 aliphatic heterocycles. The minimum Gasteiger partial charge on any atom is -0.460 e. The molecule has 5 heteroatoms. The maximum atomic E-state index is 11.4. The number of hydrogen-bond acceptors (Lipinski definition) is 5. The minimum absolute atomic E-state index is 0.0914. The van der Waals surface area contributed by atoms with Crippen molar-refractivity contribution in [1.29, 1.82) is 0 Å². The first-order valence-corrected chi connectivity index (χ1v) is 8.47. The van der Waals surface area contributed by atoms with Gasteiger partial charge in [0.2, 0.25) is 0 Å². The standard InChI is InChI=1S/C18H28O5/c1-11(2)6-7-14-17(4,23-14)16-15(20-5)13(22-12(3)19)8-9-18(16)10-21-18/h6,13-16H,7-10H2,1-5H3/t13-,14-,15-,16-,17+,18+/m1/s1. The fourth-order valence-corrected chi connectivity index (χ4v) is 4.28. The summed E-state index contributed by atoms with van der Waals surface area (Å²) < 4.78 is 23.3. The highest BCUT2D eigenvalue weighted by Gasteiger charge is 2.72. The number of ether oxygens (including phenoxy) is 4. The molecule has 0 radical (unpaired) electrons. The van der Waals surface area contributed by atoms with Crippen molar-refractivity contribution in [2.45, 2.75) is 76.5 Å². The van der Waals surface area contributed by atoms with Crippen LogP contribution in [0.2, 0.25) is 0 Å². The highest BCUT2D eigenvalue weighted by molar-refractivity contribution is 5.66. The summed E-state index contributed by atoms with van der Waals surface area (Å²) >= 11 is 0. The molecule has 0 amide bonds. The van der Waals surface area contributed by atoms with Gasteiger partial charge in [0.1, 0.15) is 23.4 Å². The Kier molecular flexibility index (Phi) is 4.32. The van der Waals surface area contributed by atoms with Crippen LogP contribution in [0.25, 0.3) is 0 Å². The highest BCUT2D eigenvalue weighted by atomic mass is 16.6. The van der Waals surface area contributed by atoms with Gasteiger partial charge >= 0.3 is 5.97 Å². The molecule has 0 aromatic carbocycles. The van der Waals surface area contributed by atoms with E-state index in [1.54, 1.807) is 7.11 Å². The summed E-state index contributed by atoms with van der Waals surface area (Å²) in [7, 11) is 1.69. The van der Waals surface area contributed by atoms with Gasteiger partial charge in [-0.25, -0.2) is 0 Å². The summed E-state index contributed by atoms with van der Waals surface area (Å²) in [5, 5.41) is 0. The van der Waals surface area contributed by atoms with E-state index in [0.717, 1.165) is 25.9 Å². The molecule has 2 saturated heterocycles. The Morgan fingerprint density at radius 3 is 2.57 bits per heavy atom. The quantitative estimate of drug-likeness (QED) is 0.442. The number of carbonyl (C=O) groups excluding carboxylic acids is 1. The summed E-state index contributed by atoms with van der Waals surface area (Å²) in [6, 6.07) is 0. The molecule has 23 heavy (non-hydrogen) atoms. The zero-order valence-corrected chi connectivity index (χ0v) is 14.8. The fourth-order valence-electron chi connectivity index (χ4n) is 4.28. The number of epoxide rings is 2. The maximum absolute atomic E-state index is 11.4. The summed E-state index contributed by atoms with van der Waals surface area (Å²) in [4.78, 5) is 11.4. The molecule has 130 valence electrons. The number of esters is 1. The van der Waals surface area contributed by atoms with Gasteiger partial charge < -0.3 is 18.9 Å². The van der Waals surface area contributed by atoms with E-state index in [2.05, 4.69) is 26.8 Å². The molecule has 3 aliphatic rings. The normalized spacial score (nSPS) is 44.7. The first kappa shape index (κ1) is 16.9. The van der Waals surface area contributed by atoms with E-state index in [-0.39, 0.29) is 41.4 Å². The van der Waals surface area contributed by atoms with E-state index in [4.69, 9.17) is 18.9 Å². The van der Waals surface area contributed by atoms with Crippen molar-refractivity contribution in [3.8, 4) is 0 Å². The molecule has 0 bridgehead atoms. The number of rotatable bonds is 5. The lowest BCUT2D eigenvalue weighted by atomic mass is 9.68. The topological polar surface area (TPSA) is 60.6 Å². The van der Waals surface area contributed by atoms with Crippen LogP contribution in [-0.4, -0.2) is 49.2 Å². The lowest BCUT2D eigenvalue weighted by Crippen LogP contribution is -2.55. The molecule has 1 saturated carbocycles. The third kappa shape index (κ3) is 3.06. The molecule has 6 atom stereocenters. The molecule has 1 aliphatic carbocycles. The van der Waals surface area contributed by atoms with Crippen LogP contribution >= 0.6 is 0 Å². The van der Waals surface area contributed by atoms with Crippen molar-refractivity contribution in [2.24, 2.45) is 5.92 Å². The smallest absolute Gasteiger partial charge is 0.302 e. The first-order valence-electron chi connectivity index (χ1n) is 8.47. The van der Waals surface area contributed by atoms with Gasteiger partial charge in [0.25, 0.3) is 0 Å². The fraction of sp³-hybridized carbons (Fsp3) is 0.833. The Labute approximate surface area is 138 Å². The third-order valence-corrected chi connectivity index (χ3v) is 5.55. The van der Waals surface area contributed by atoms with E-state index in [1.807, 2.05) is 0 Å². The Morgan fingerprint density at radius 2 is 2.04 bits per heavy atom. The van der Waals surface area contributed by atoms with Crippen molar-refractivity contribution in [1.82, 2.24) is 0 Å². The van der Waals surface area contributed by atoms with E-state index >= 15 is 0 Å². The molecule has 0 aromatic rings. The zero-order valence-electron chi connectivity index (χ0n) is 14.8. The van der Waals surface area contributed by atoms with Gasteiger partial charge in [-0.3, -0.25) is 4.79 Å². The monoisotopic (exact) mass is 324 g/mol. The lowest BCUT2D eigenvalue weighted by Gasteiger charge is -2.42. The largest absolute Gasteiger partial charge is 0.460 e. The van der Waals surface area contributed by atoms with Crippen LogP contribution in [0.4, 0.5) is 0 Å². The van der Waals surface area contributed by atoms with Crippen molar-refractivity contribution in [2.75, 3.05) is 13.7 Å². The molecule has 0 aromatic heterocycles. The second-order valence-corrected chi connectivity index (χ2v) is 7.53. The molecule has 3 rings (SSSR count). The molecule has 1 spiro atoms. The molecule has 2 heterocycles. The predicted octanol–water partition coefficient (Wildman–Crippen LogP) is 2.63. The Morgan fingerprint density at radius 1 is 1.35 bits per heavy atom. The molecular formula is C18H28O5. The summed E-state index contributed by atoms with van der Waals surface area (Å²) in [5.41, 5.74) is 0.859. The number of carbonyl (C=O) groups is 1. The number of allylic oxidation sites excluding steroid dienone is 1. The average Bonchev–Trinajstić information content (AvgIpc) is 3.37. The molecular weight excluding hydrogens is 296 g/mol. The SMILES string of the molecule is CO[C@@H]1[C@H](OC(C)=O)CC[C@]2(CO2)[C@H]1[C@@]1(C)O[C@@H]1CC=C(C)C. The van der Waals surface area contributed by atoms with Crippen LogP contribution in [0.3, 0.4) is 0 Å². The van der Waals surface area contributed by atoms with Gasteiger partial charge in [-0.05, 0) is 40.0 Å². The molecule has 0 N–H and O–H groups in total. The number of hydrogen-bond donors (Lipinski definition) is 0. The minimum atomic E-state index is -0.276. The average molecular weight is 324 g/mol. The number of methoxy groups -OCH3 is 1. The molecule has 3 fully saturated rings. The molecule has 0 unspecified atom stereocenters. The van der Waals surface area contributed by atoms with Crippen molar-refractivity contribution in [3.63, 3.8) is 0 Å². The Hall–Kier alpha value is -0.910. The summed E-state index contributed by atoms with van der Waals surface area (Å²) in [6.07, 6.45) is 4.56. The van der Waals surface area contributed by atoms with Gasteiger partial charge in [-0.1, -0.05) is 11.6 Å². The van der Waals surface area contributed by atoms with Crippen LogP contribution in [0.15, 0.2) is 11.6 Å². The van der Waals surface area contributed by atoms with Crippen molar-refractivity contribution in [3.05, 3.63) is 11.6 Å². The predicted molar refractivity (Wildman–Crippen MR) is 85.1 cm³/mol. The van der Waals surface area contributed by atoms with Crippen LogP contribution in [-0.2, 0) is 23.7 Å². The van der Waals surface area contributed by atoms with E-state index < -0.39 is 0 Å². The van der Waals surface area contributed by atoms with Gasteiger partial charge in [0.15, 0.2) is 0 Å². The van der Waals surface area contributed by atoms with Crippen LogP contribution in [0, 0.1) is 5.92 Å². The maximum Gasteiger partial charge on any atom is 0.302 e. The summed E-state index contributed by atoms with van der Waals surface area (Å²) in [5.74, 6) is -0.167. The van der Waals surface area contributed by atoms with E-state index in [1.165, 1.54) is 12.5 Å². The van der Waals surface area contributed by atoms with Gasteiger partial charge in [-0.15, -0.1) is 0 Å². The van der Waals surface area contributed by atoms with Gasteiger partial charge in [0, 0.05) is 14.0 Å². The third-order valence-electron chi connectivity index (χ3n) is 5.55. The molecule has 5 nitrogen and oxygen atoms in total. The highest BCUT2D eigenvalue weighted by Crippen LogP contribution is 2.59. The van der Waals surface area contributed by atoms with E-state index in [9.17, 15) is 4.79 Å². The zero-order chi connectivity index (χ0) is 16.8. The van der Waals surface area contributed by atoms with Crippen molar-refractivity contribution >= 4 is 5.97 Å². The van der Waals surface area contributed by atoms with Crippen LogP contribution in [0.5, 0.6) is 0 Å². The van der Waals surface area contributed by atoms with E-state index in [0.29, 0.717) is 0 Å². The Balaban J connectivity index is 1.79. The van der Waals surface area contributed by atoms with Gasteiger partial charge in [0.05, 0.1) is 18.6 Å². The van der Waals surface area contributed by atoms with Crippen LogP contribution in [0.1, 0.15) is 47.0 Å². The van der Waals surface area contributed by atoms with Crippen LogP contribution < -0.4 is 0 Å². The van der Waals surface area contributed by atoms with Gasteiger partial charge in [-0.2, -0.15) is 0 Å². The Bertz CT molecular complexity index is 506. The second kappa shape index (κ2) is 5.87. The van der Waals surface area contributed by atoms with Crippen molar-refractivity contribution < 1.29 is 23.7 Å².